The lowest BCUT2D eigenvalue weighted by Gasteiger charge is -2.18. The van der Waals surface area contributed by atoms with Crippen LogP contribution in [0.25, 0.3) is 0 Å². The van der Waals surface area contributed by atoms with Crippen LogP contribution in [-0.4, -0.2) is 18.4 Å². The number of allylic oxidation sites excluding steroid dienone is 2. The van der Waals surface area contributed by atoms with Crippen molar-refractivity contribution < 1.29 is 14.3 Å². The van der Waals surface area contributed by atoms with Crippen molar-refractivity contribution in [2.24, 2.45) is 5.41 Å². The van der Waals surface area contributed by atoms with Crippen molar-refractivity contribution in [1.82, 2.24) is 0 Å². The van der Waals surface area contributed by atoms with Crippen LogP contribution >= 0.6 is 0 Å². The molecule has 0 aliphatic heterocycles. The Hall–Kier alpha value is -1.56. The van der Waals surface area contributed by atoms with Gasteiger partial charge in [0.2, 0.25) is 0 Å². The molecule has 3 heteroatoms. The molecule has 102 valence electrons. The fourth-order valence-electron chi connectivity index (χ4n) is 2.66. The summed E-state index contributed by atoms with van der Waals surface area (Å²) in [6.07, 6.45) is 8.14. The van der Waals surface area contributed by atoms with Crippen LogP contribution in [-0.2, 0) is 14.3 Å². The number of hydrogen-bond donors (Lipinski definition) is 0. The minimum atomic E-state index is -1.19. The lowest BCUT2D eigenvalue weighted by atomic mass is 9.85. The van der Waals surface area contributed by atoms with E-state index in [4.69, 9.17) is 4.74 Å². The molecule has 0 N–H and O–H groups in total. The van der Waals surface area contributed by atoms with Crippen LogP contribution in [0, 0.1) is 17.3 Å². The van der Waals surface area contributed by atoms with E-state index < -0.39 is 11.4 Å². The summed E-state index contributed by atoms with van der Waals surface area (Å²) in [6, 6.07) is 0. The van der Waals surface area contributed by atoms with Gasteiger partial charge in [0, 0.05) is 6.42 Å². The summed E-state index contributed by atoms with van der Waals surface area (Å²) in [5, 5.41) is 0. The molecule has 0 aromatic rings. The van der Waals surface area contributed by atoms with Gasteiger partial charge in [-0.05, 0) is 51.0 Å². The molecule has 2 aliphatic rings. The molecule has 1 atom stereocenters. The van der Waals surface area contributed by atoms with E-state index in [1.54, 1.807) is 6.92 Å². The molecule has 0 aromatic carbocycles. The number of rotatable bonds is 2. The van der Waals surface area contributed by atoms with Crippen LogP contribution in [0.15, 0.2) is 11.6 Å². The number of ether oxygens (including phenoxy) is 1. The molecule has 2 rings (SSSR count). The highest BCUT2D eigenvalue weighted by molar-refractivity contribution is 6.08. The fraction of sp³-hybridized carbons (Fsp3) is 0.625. The van der Waals surface area contributed by atoms with E-state index in [1.807, 2.05) is 0 Å². The van der Waals surface area contributed by atoms with Crippen molar-refractivity contribution in [2.45, 2.75) is 51.9 Å². The van der Waals surface area contributed by atoms with E-state index in [0.29, 0.717) is 12.8 Å². The van der Waals surface area contributed by atoms with Gasteiger partial charge in [0.25, 0.3) is 0 Å². The second-order valence-electron chi connectivity index (χ2n) is 5.13. The molecule has 0 heterocycles. The topological polar surface area (TPSA) is 43.4 Å². The number of hydrogen-bond acceptors (Lipinski definition) is 3. The molecule has 1 saturated carbocycles. The van der Waals surface area contributed by atoms with E-state index in [2.05, 4.69) is 17.9 Å². The lowest BCUT2D eigenvalue weighted by Crippen LogP contribution is -2.35. The van der Waals surface area contributed by atoms with E-state index in [9.17, 15) is 9.59 Å². The minimum absolute atomic E-state index is 0.0742. The average Bonchev–Trinajstić information content (AvgIpc) is 2.80. The Morgan fingerprint density at radius 3 is 2.79 bits per heavy atom. The Bertz CT molecular complexity index is 464. The zero-order valence-corrected chi connectivity index (χ0v) is 11.5. The van der Waals surface area contributed by atoms with Crippen molar-refractivity contribution in [3.05, 3.63) is 11.6 Å². The predicted octanol–water partition coefficient (Wildman–Crippen LogP) is 2.79. The summed E-state index contributed by atoms with van der Waals surface area (Å²) < 4.78 is 5.06. The molecular weight excluding hydrogens is 240 g/mol. The molecular formula is C16H20O3. The summed E-state index contributed by atoms with van der Waals surface area (Å²) in [7, 11) is 0. The van der Waals surface area contributed by atoms with Gasteiger partial charge in [-0.2, -0.15) is 0 Å². The molecule has 1 fully saturated rings. The zero-order chi connectivity index (χ0) is 13.7. The van der Waals surface area contributed by atoms with Crippen LogP contribution in [0.3, 0.4) is 0 Å². The van der Waals surface area contributed by atoms with Gasteiger partial charge in [-0.25, -0.2) is 4.79 Å². The van der Waals surface area contributed by atoms with Crippen LogP contribution < -0.4 is 0 Å². The third-order valence-electron chi connectivity index (χ3n) is 3.78. The summed E-state index contributed by atoms with van der Waals surface area (Å²) in [5.74, 6) is 5.49. The molecule has 2 aliphatic carbocycles. The molecule has 0 saturated heterocycles. The molecule has 19 heavy (non-hydrogen) atoms. The van der Waals surface area contributed by atoms with Crippen molar-refractivity contribution >= 4 is 11.8 Å². The van der Waals surface area contributed by atoms with E-state index >= 15 is 0 Å². The summed E-state index contributed by atoms with van der Waals surface area (Å²) >= 11 is 0. The Morgan fingerprint density at radius 2 is 2.21 bits per heavy atom. The van der Waals surface area contributed by atoms with E-state index in [1.165, 1.54) is 6.42 Å². The molecule has 0 spiro atoms. The van der Waals surface area contributed by atoms with Gasteiger partial charge < -0.3 is 4.74 Å². The van der Waals surface area contributed by atoms with Crippen LogP contribution in [0.5, 0.6) is 0 Å². The normalized spacial score (nSPS) is 26.4. The maximum absolute atomic E-state index is 12.1. The first-order valence-corrected chi connectivity index (χ1v) is 7.12. The van der Waals surface area contributed by atoms with Crippen LogP contribution in [0.4, 0.5) is 0 Å². The first kappa shape index (κ1) is 13.9. The van der Waals surface area contributed by atoms with Gasteiger partial charge >= 0.3 is 5.97 Å². The first-order chi connectivity index (χ1) is 9.19. The molecule has 0 amide bonds. The third kappa shape index (κ3) is 2.89. The fourth-order valence-corrected chi connectivity index (χ4v) is 2.66. The predicted molar refractivity (Wildman–Crippen MR) is 72.3 cm³/mol. The van der Waals surface area contributed by atoms with Gasteiger partial charge in [0.15, 0.2) is 11.2 Å². The molecule has 0 bridgehead atoms. The standard InChI is InChI=1S/C16H20O3/c1-2-19-15(18)16(11-6-9-14(16)17)12-10-13-7-4-3-5-8-13/h7H,2-6,8-9,11H2,1H3. The van der Waals surface area contributed by atoms with Crippen molar-refractivity contribution in [2.75, 3.05) is 6.61 Å². The van der Waals surface area contributed by atoms with Crippen molar-refractivity contribution in [3.63, 3.8) is 0 Å². The lowest BCUT2D eigenvalue weighted by molar-refractivity contribution is -0.154. The van der Waals surface area contributed by atoms with E-state index in [-0.39, 0.29) is 12.4 Å². The number of ketones is 1. The van der Waals surface area contributed by atoms with Crippen molar-refractivity contribution in [3.8, 4) is 11.8 Å². The van der Waals surface area contributed by atoms with Gasteiger partial charge in [-0.3, -0.25) is 4.79 Å². The van der Waals surface area contributed by atoms with Crippen LogP contribution in [0.1, 0.15) is 51.9 Å². The second-order valence-corrected chi connectivity index (χ2v) is 5.13. The Morgan fingerprint density at radius 1 is 1.37 bits per heavy atom. The van der Waals surface area contributed by atoms with E-state index in [0.717, 1.165) is 31.3 Å². The van der Waals surface area contributed by atoms with Crippen LogP contribution in [0.2, 0.25) is 0 Å². The second kappa shape index (κ2) is 6.06. The minimum Gasteiger partial charge on any atom is -0.465 e. The molecule has 1 unspecified atom stereocenters. The Balaban J connectivity index is 2.24. The Kier molecular flexibility index (Phi) is 4.42. The highest BCUT2D eigenvalue weighted by Gasteiger charge is 2.48. The number of carbonyl (C=O) groups is 2. The number of esters is 1. The van der Waals surface area contributed by atoms with Gasteiger partial charge in [0.05, 0.1) is 6.61 Å². The summed E-state index contributed by atoms with van der Waals surface area (Å²) in [6.45, 7) is 2.04. The SMILES string of the molecule is CCOC(=O)C1(C#CC2=CCCCC2)CCCC1=O. The molecule has 3 nitrogen and oxygen atoms in total. The quantitative estimate of drug-likeness (QED) is 0.435. The van der Waals surface area contributed by atoms with Gasteiger partial charge in [0.1, 0.15) is 0 Å². The highest BCUT2D eigenvalue weighted by Crippen LogP contribution is 2.36. The first-order valence-electron chi connectivity index (χ1n) is 7.12. The monoisotopic (exact) mass is 260 g/mol. The maximum atomic E-state index is 12.1. The highest BCUT2D eigenvalue weighted by atomic mass is 16.5. The molecule has 0 radical (unpaired) electrons. The van der Waals surface area contributed by atoms with Gasteiger partial charge in [-0.15, -0.1) is 0 Å². The Labute approximate surface area is 114 Å². The number of Topliss-reactive ketones (excluding diaryl/α,β-unsaturated/α-hetero) is 1. The summed E-state index contributed by atoms with van der Waals surface area (Å²) in [5.41, 5.74) is -0.122. The van der Waals surface area contributed by atoms with Crippen molar-refractivity contribution in [1.29, 1.82) is 0 Å². The number of carbonyl (C=O) groups excluding carboxylic acids is 2. The zero-order valence-electron chi connectivity index (χ0n) is 11.5. The molecule has 0 aromatic heterocycles. The smallest absolute Gasteiger partial charge is 0.331 e. The largest absolute Gasteiger partial charge is 0.465 e. The average molecular weight is 260 g/mol. The maximum Gasteiger partial charge on any atom is 0.331 e. The van der Waals surface area contributed by atoms with Gasteiger partial charge in [-0.1, -0.05) is 17.9 Å². The third-order valence-corrected chi connectivity index (χ3v) is 3.78. The summed E-state index contributed by atoms with van der Waals surface area (Å²) in [4.78, 5) is 24.1.